The molecular weight excluding hydrogens is 415 g/mol. The van der Waals surface area contributed by atoms with Gasteiger partial charge in [-0.1, -0.05) is 6.92 Å². The SMILES string of the molecule is C[C@H]1CN(C(=O)OC(C)(C)C)C[C@@H]1NC(=O)C(C)(C)COc1ncccc1C(F)(F)F. The Balaban J connectivity index is 1.98. The van der Waals surface area contributed by atoms with E-state index in [9.17, 15) is 22.8 Å². The third-order valence-electron chi connectivity index (χ3n) is 4.84. The Kier molecular flexibility index (Phi) is 7.12. The number of carbonyl (C=O) groups is 2. The van der Waals surface area contributed by atoms with Crippen molar-refractivity contribution in [2.24, 2.45) is 11.3 Å². The summed E-state index contributed by atoms with van der Waals surface area (Å²) in [5.41, 5.74) is -2.75. The monoisotopic (exact) mass is 445 g/mol. The summed E-state index contributed by atoms with van der Waals surface area (Å²) in [5.74, 6) is -0.970. The van der Waals surface area contributed by atoms with Crippen molar-refractivity contribution in [3.8, 4) is 5.88 Å². The van der Waals surface area contributed by atoms with Gasteiger partial charge in [-0.3, -0.25) is 4.79 Å². The fourth-order valence-corrected chi connectivity index (χ4v) is 3.03. The number of rotatable bonds is 5. The molecule has 31 heavy (non-hydrogen) atoms. The van der Waals surface area contributed by atoms with Crippen LogP contribution in [0.15, 0.2) is 18.3 Å². The second-order valence-corrected chi connectivity index (χ2v) is 9.47. The van der Waals surface area contributed by atoms with Crippen molar-refractivity contribution >= 4 is 12.0 Å². The zero-order valence-electron chi connectivity index (χ0n) is 18.7. The van der Waals surface area contributed by atoms with Crippen LogP contribution in [0, 0.1) is 11.3 Å². The van der Waals surface area contributed by atoms with Gasteiger partial charge in [-0.05, 0) is 52.7 Å². The van der Waals surface area contributed by atoms with E-state index in [2.05, 4.69) is 10.3 Å². The molecule has 1 N–H and O–H groups in total. The molecule has 1 aromatic rings. The predicted octanol–water partition coefficient (Wildman–Crippen LogP) is 3.88. The molecule has 1 aliphatic rings. The van der Waals surface area contributed by atoms with Gasteiger partial charge in [0, 0.05) is 19.3 Å². The Morgan fingerprint density at radius 1 is 1.19 bits per heavy atom. The number of ether oxygens (including phenoxy) is 2. The molecule has 1 aromatic heterocycles. The molecule has 1 aliphatic heterocycles. The fourth-order valence-electron chi connectivity index (χ4n) is 3.03. The van der Waals surface area contributed by atoms with E-state index in [4.69, 9.17) is 9.47 Å². The third-order valence-corrected chi connectivity index (χ3v) is 4.84. The number of aromatic nitrogens is 1. The number of nitrogens with one attached hydrogen (secondary N) is 1. The lowest BCUT2D eigenvalue weighted by Gasteiger charge is -2.27. The molecule has 7 nitrogen and oxygen atoms in total. The third kappa shape index (κ3) is 6.73. The van der Waals surface area contributed by atoms with Crippen LogP contribution in [0.3, 0.4) is 0 Å². The second-order valence-electron chi connectivity index (χ2n) is 9.47. The molecule has 2 heterocycles. The zero-order chi connectivity index (χ0) is 23.6. The van der Waals surface area contributed by atoms with Crippen LogP contribution in [0.25, 0.3) is 0 Å². The normalized spacial score (nSPS) is 19.8. The van der Waals surface area contributed by atoms with Crippen LogP contribution in [0.2, 0.25) is 0 Å². The summed E-state index contributed by atoms with van der Waals surface area (Å²) in [4.78, 5) is 30.3. The highest BCUT2D eigenvalue weighted by Crippen LogP contribution is 2.35. The molecule has 0 unspecified atom stereocenters. The summed E-state index contributed by atoms with van der Waals surface area (Å²) < 4.78 is 50.0. The molecule has 0 spiro atoms. The summed E-state index contributed by atoms with van der Waals surface area (Å²) in [6.07, 6.45) is -3.86. The molecule has 10 heteroatoms. The van der Waals surface area contributed by atoms with Crippen LogP contribution in [0.5, 0.6) is 5.88 Å². The highest BCUT2D eigenvalue weighted by molar-refractivity contribution is 5.82. The number of nitrogens with zero attached hydrogens (tertiary/aromatic N) is 2. The number of hydrogen-bond acceptors (Lipinski definition) is 5. The average Bonchev–Trinajstić information content (AvgIpc) is 2.99. The molecule has 2 atom stereocenters. The molecule has 0 saturated carbocycles. The van der Waals surface area contributed by atoms with Gasteiger partial charge in [0.15, 0.2) is 0 Å². The maximum atomic E-state index is 13.1. The number of hydrogen-bond donors (Lipinski definition) is 1. The first-order chi connectivity index (χ1) is 14.1. The van der Waals surface area contributed by atoms with Gasteiger partial charge in [0.05, 0.1) is 11.5 Å². The summed E-state index contributed by atoms with van der Waals surface area (Å²) in [5, 5.41) is 2.89. The average molecular weight is 445 g/mol. The van der Waals surface area contributed by atoms with Gasteiger partial charge >= 0.3 is 12.3 Å². The van der Waals surface area contributed by atoms with Crippen LogP contribution in [0.4, 0.5) is 18.0 Å². The molecule has 0 bridgehead atoms. The van der Waals surface area contributed by atoms with Crippen LogP contribution < -0.4 is 10.1 Å². The van der Waals surface area contributed by atoms with Gasteiger partial charge in [0.1, 0.15) is 17.8 Å². The van der Waals surface area contributed by atoms with Crippen LogP contribution in [-0.2, 0) is 15.7 Å². The van der Waals surface area contributed by atoms with Gasteiger partial charge in [-0.25, -0.2) is 9.78 Å². The van der Waals surface area contributed by atoms with E-state index in [1.807, 2.05) is 6.92 Å². The quantitative estimate of drug-likeness (QED) is 0.744. The molecule has 174 valence electrons. The van der Waals surface area contributed by atoms with Gasteiger partial charge < -0.3 is 19.7 Å². The Morgan fingerprint density at radius 2 is 1.84 bits per heavy atom. The Bertz CT molecular complexity index is 806. The maximum absolute atomic E-state index is 13.1. The minimum Gasteiger partial charge on any atom is -0.476 e. The molecule has 0 radical (unpaired) electrons. The Hall–Kier alpha value is -2.52. The lowest BCUT2D eigenvalue weighted by Crippen LogP contribution is -2.48. The summed E-state index contributed by atoms with van der Waals surface area (Å²) >= 11 is 0. The first-order valence-corrected chi connectivity index (χ1v) is 10.0. The van der Waals surface area contributed by atoms with Crippen molar-refractivity contribution < 1.29 is 32.2 Å². The smallest absolute Gasteiger partial charge is 0.421 e. The number of alkyl halides is 3. The van der Waals surface area contributed by atoms with Crippen molar-refractivity contribution in [3.63, 3.8) is 0 Å². The highest BCUT2D eigenvalue weighted by Gasteiger charge is 2.39. The van der Waals surface area contributed by atoms with Gasteiger partial charge in [-0.15, -0.1) is 0 Å². The van der Waals surface area contributed by atoms with Gasteiger partial charge in [0.2, 0.25) is 11.8 Å². The standard InChI is InChI=1S/C21H30F3N3O4/c1-13-10-27(18(29)31-19(2,3)4)11-15(13)26-17(28)20(5,6)12-30-16-14(21(22,23)24)8-7-9-25-16/h7-9,13,15H,10-12H2,1-6H3,(H,26,28)/t13-,15-/m0/s1. The molecule has 2 amide bonds. The topological polar surface area (TPSA) is 80.8 Å². The molecule has 0 aromatic carbocycles. The fraction of sp³-hybridized carbons (Fsp3) is 0.667. The predicted molar refractivity (Wildman–Crippen MR) is 107 cm³/mol. The lowest BCUT2D eigenvalue weighted by molar-refractivity contribution is -0.139. The van der Waals surface area contributed by atoms with E-state index < -0.39 is 34.7 Å². The second kappa shape index (κ2) is 8.92. The van der Waals surface area contributed by atoms with Crippen LogP contribution in [-0.4, -0.2) is 53.2 Å². The number of pyridine rings is 1. The minimum atomic E-state index is -4.61. The van der Waals surface area contributed by atoms with Gasteiger partial charge in [0.25, 0.3) is 0 Å². The molecule has 1 saturated heterocycles. The van der Waals surface area contributed by atoms with Crippen LogP contribution in [0.1, 0.15) is 47.1 Å². The van der Waals surface area contributed by atoms with Crippen LogP contribution >= 0.6 is 0 Å². The number of likely N-dealkylation sites (tertiary alicyclic amines) is 1. The van der Waals surface area contributed by atoms with E-state index in [1.165, 1.54) is 17.2 Å². The lowest BCUT2D eigenvalue weighted by atomic mass is 9.92. The van der Waals surface area contributed by atoms with E-state index >= 15 is 0 Å². The van der Waals surface area contributed by atoms with E-state index in [1.54, 1.807) is 34.6 Å². The molecular formula is C21H30F3N3O4. The van der Waals surface area contributed by atoms with E-state index in [0.717, 1.165) is 6.07 Å². The number of carbonyl (C=O) groups excluding carboxylic acids is 2. The molecule has 2 rings (SSSR count). The van der Waals surface area contributed by atoms with Crippen molar-refractivity contribution in [2.75, 3.05) is 19.7 Å². The summed E-state index contributed by atoms with van der Waals surface area (Å²) in [6, 6.07) is 1.74. The maximum Gasteiger partial charge on any atom is 0.421 e. The Labute approximate surface area is 180 Å². The largest absolute Gasteiger partial charge is 0.476 e. The first-order valence-electron chi connectivity index (χ1n) is 10.0. The van der Waals surface area contributed by atoms with E-state index in [-0.39, 0.29) is 31.0 Å². The zero-order valence-corrected chi connectivity index (χ0v) is 18.7. The highest BCUT2D eigenvalue weighted by atomic mass is 19.4. The van der Waals surface area contributed by atoms with E-state index in [0.29, 0.717) is 6.54 Å². The van der Waals surface area contributed by atoms with Gasteiger partial charge in [-0.2, -0.15) is 13.2 Å². The summed E-state index contributed by atoms with van der Waals surface area (Å²) in [6.45, 7) is 10.8. The van der Waals surface area contributed by atoms with Crippen molar-refractivity contribution in [1.29, 1.82) is 0 Å². The Morgan fingerprint density at radius 3 is 2.42 bits per heavy atom. The minimum absolute atomic E-state index is 0.0131. The van der Waals surface area contributed by atoms with Crippen molar-refractivity contribution in [1.82, 2.24) is 15.2 Å². The number of amides is 2. The summed E-state index contributed by atoms with van der Waals surface area (Å²) in [7, 11) is 0. The van der Waals surface area contributed by atoms with Crippen molar-refractivity contribution in [2.45, 2.75) is 59.4 Å². The molecule has 0 aliphatic carbocycles. The first kappa shape index (κ1) is 24.7. The molecule has 1 fully saturated rings. The van der Waals surface area contributed by atoms with Crippen molar-refractivity contribution in [3.05, 3.63) is 23.9 Å². The number of halogens is 3.